The molecule has 132 valence electrons. The van der Waals surface area contributed by atoms with E-state index in [1.54, 1.807) is 19.4 Å². The Kier molecular flexibility index (Phi) is 5.17. The molecule has 2 aromatic carbocycles. The van der Waals surface area contributed by atoms with Gasteiger partial charge in [0, 0.05) is 17.4 Å². The summed E-state index contributed by atoms with van der Waals surface area (Å²) in [5.41, 5.74) is 5.02. The number of anilines is 3. The Morgan fingerprint density at radius 3 is 2.54 bits per heavy atom. The predicted octanol–water partition coefficient (Wildman–Crippen LogP) is 4.70. The number of pyridine rings is 1. The van der Waals surface area contributed by atoms with Crippen LogP contribution in [0.25, 0.3) is 0 Å². The van der Waals surface area contributed by atoms with Crippen molar-refractivity contribution < 1.29 is 9.53 Å². The number of hydrogen-bond acceptors (Lipinski definition) is 4. The van der Waals surface area contributed by atoms with Crippen molar-refractivity contribution in [2.45, 2.75) is 13.8 Å². The van der Waals surface area contributed by atoms with Gasteiger partial charge in [0.2, 0.25) is 0 Å². The molecule has 5 heteroatoms. The highest BCUT2D eigenvalue weighted by Crippen LogP contribution is 2.21. The van der Waals surface area contributed by atoms with E-state index in [1.165, 1.54) is 0 Å². The molecule has 1 amide bonds. The van der Waals surface area contributed by atoms with E-state index in [0.29, 0.717) is 5.69 Å². The highest BCUT2D eigenvalue weighted by molar-refractivity contribution is 6.03. The molecule has 0 bridgehead atoms. The summed E-state index contributed by atoms with van der Waals surface area (Å²) in [6, 6.07) is 17.0. The molecule has 0 aliphatic heterocycles. The van der Waals surface area contributed by atoms with E-state index in [1.807, 2.05) is 62.4 Å². The second-order valence-corrected chi connectivity index (χ2v) is 6.06. The maximum Gasteiger partial charge on any atom is 0.274 e. The van der Waals surface area contributed by atoms with Crippen LogP contribution in [0.2, 0.25) is 0 Å². The number of rotatable bonds is 5. The fourth-order valence-electron chi connectivity index (χ4n) is 2.61. The number of aromatic nitrogens is 1. The van der Waals surface area contributed by atoms with E-state index in [2.05, 4.69) is 15.6 Å². The van der Waals surface area contributed by atoms with Crippen molar-refractivity contribution in [2.24, 2.45) is 0 Å². The van der Waals surface area contributed by atoms with Gasteiger partial charge in [-0.05, 0) is 49.7 Å². The molecule has 26 heavy (non-hydrogen) atoms. The van der Waals surface area contributed by atoms with Crippen molar-refractivity contribution in [1.82, 2.24) is 4.98 Å². The van der Waals surface area contributed by atoms with Crippen molar-refractivity contribution in [3.8, 4) is 5.75 Å². The van der Waals surface area contributed by atoms with Crippen LogP contribution in [0.5, 0.6) is 5.75 Å². The van der Waals surface area contributed by atoms with Crippen molar-refractivity contribution in [3.05, 3.63) is 77.6 Å². The Labute approximate surface area is 153 Å². The molecule has 5 nitrogen and oxygen atoms in total. The lowest BCUT2D eigenvalue weighted by Gasteiger charge is -2.10. The van der Waals surface area contributed by atoms with Crippen LogP contribution in [0, 0.1) is 13.8 Å². The van der Waals surface area contributed by atoms with Crippen molar-refractivity contribution in [1.29, 1.82) is 0 Å². The van der Waals surface area contributed by atoms with Gasteiger partial charge in [-0.25, -0.2) is 4.98 Å². The Bertz CT molecular complexity index is 921. The van der Waals surface area contributed by atoms with Gasteiger partial charge in [0.1, 0.15) is 11.4 Å². The summed E-state index contributed by atoms with van der Waals surface area (Å²) < 4.78 is 5.21. The zero-order valence-corrected chi connectivity index (χ0v) is 15.0. The maximum atomic E-state index is 12.4. The number of aryl methyl sites for hydroxylation is 2. The minimum Gasteiger partial charge on any atom is -0.497 e. The average Bonchev–Trinajstić information content (AvgIpc) is 2.64. The number of nitrogens with one attached hydrogen (secondary N) is 2. The minimum absolute atomic E-state index is 0.232. The van der Waals surface area contributed by atoms with Crippen molar-refractivity contribution in [3.63, 3.8) is 0 Å². The van der Waals surface area contributed by atoms with Crippen LogP contribution in [-0.4, -0.2) is 18.0 Å². The molecule has 0 saturated heterocycles. The highest BCUT2D eigenvalue weighted by atomic mass is 16.5. The smallest absolute Gasteiger partial charge is 0.274 e. The minimum atomic E-state index is -0.232. The third-order valence-electron chi connectivity index (χ3n) is 3.98. The topological polar surface area (TPSA) is 63.2 Å². The van der Waals surface area contributed by atoms with Crippen LogP contribution in [-0.2, 0) is 0 Å². The summed E-state index contributed by atoms with van der Waals surface area (Å²) in [6.07, 6.45) is 1.64. The SMILES string of the molecule is COc1cccc(Nc2ccc(C(=O)Nc3ccc(C)cc3C)nc2)c1. The Hall–Kier alpha value is -3.34. The van der Waals surface area contributed by atoms with E-state index in [-0.39, 0.29) is 5.91 Å². The van der Waals surface area contributed by atoms with Crippen molar-refractivity contribution in [2.75, 3.05) is 17.7 Å². The number of ether oxygens (including phenoxy) is 1. The van der Waals surface area contributed by atoms with Crippen LogP contribution in [0.3, 0.4) is 0 Å². The third kappa shape index (κ3) is 4.19. The molecule has 3 rings (SSSR count). The fraction of sp³-hybridized carbons (Fsp3) is 0.143. The van der Waals surface area contributed by atoms with Gasteiger partial charge in [0.25, 0.3) is 5.91 Å². The monoisotopic (exact) mass is 347 g/mol. The largest absolute Gasteiger partial charge is 0.497 e. The Morgan fingerprint density at radius 1 is 1.00 bits per heavy atom. The molecule has 0 radical (unpaired) electrons. The number of amides is 1. The standard InChI is InChI=1S/C21H21N3O2/c1-14-7-9-19(15(2)11-14)24-21(25)20-10-8-17(13-22-20)23-16-5-4-6-18(12-16)26-3/h4-13,23H,1-3H3,(H,24,25). The first-order valence-corrected chi connectivity index (χ1v) is 8.31. The van der Waals surface area contributed by atoms with E-state index in [4.69, 9.17) is 4.74 Å². The summed E-state index contributed by atoms with van der Waals surface area (Å²) in [5, 5.41) is 6.14. The van der Waals surface area contributed by atoms with Crippen LogP contribution in [0.1, 0.15) is 21.6 Å². The second kappa shape index (κ2) is 7.70. The molecule has 0 saturated carbocycles. The van der Waals surface area contributed by atoms with Crippen LogP contribution in [0.4, 0.5) is 17.1 Å². The first-order chi connectivity index (χ1) is 12.5. The molecular weight excluding hydrogens is 326 g/mol. The molecule has 0 spiro atoms. The summed E-state index contributed by atoms with van der Waals surface area (Å²) in [6.45, 7) is 3.99. The number of benzene rings is 2. The molecule has 0 fully saturated rings. The van der Waals surface area contributed by atoms with E-state index in [9.17, 15) is 4.79 Å². The van der Waals surface area contributed by atoms with Crippen LogP contribution >= 0.6 is 0 Å². The molecule has 1 aromatic heterocycles. The van der Waals surface area contributed by atoms with Crippen LogP contribution in [0.15, 0.2) is 60.8 Å². The number of hydrogen-bond donors (Lipinski definition) is 2. The number of carbonyl (C=O) groups excluding carboxylic acids is 1. The molecular formula is C21H21N3O2. The van der Waals surface area contributed by atoms with E-state index >= 15 is 0 Å². The van der Waals surface area contributed by atoms with Gasteiger partial charge in [-0.3, -0.25) is 4.79 Å². The Morgan fingerprint density at radius 2 is 1.85 bits per heavy atom. The van der Waals surface area contributed by atoms with Gasteiger partial charge >= 0.3 is 0 Å². The molecule has 0 atom stereocenters. The lowest BCUT2D eigenvalue weighted by molar-refractivity contribution is 0.102. The van der Waals surface area contributed by atoms with E-state index in [0.717, 1.165) is 33.9 Å². The van der Waals surface area contributed by atoms with Gasteiger partial charge in [-0.1, -0.05) is 23.8 Å². The highest BCUT2D eigenvalue weighted by Gasteiger charge is 2.09. The Balaban J connectivity index is 1.69. The van der Waals surface area contributed by atoms with Crippen molar-refractivity contribution >= 4 is 23.0 Å². The van der Waals surface area contributed by atoms with Crippen LogP contribution < -0.4 is 15.4 Å². The maximum absolute atomic E-state index is 12.4. The first kappa shape index (κ1) is 17.5. The molecule has 0 aliphatic carbocycles. The average molecular weight is 347 g/mol. The summed E-state index contributed by atoms with van der Waals surface area (Å²) in [7, 11) is 1.63. The van der Waals surface area contributed by atoms with E-state index < -0.39 is 0 Å². The molecule has 0 unspecified atom stereocenters. The summed E-state index contributed by atoms with van der Waals surface area (Å²) in [5.74, 6) is 0.539. The number of nitrogens with zero attached hydrogens (tertiary/aromatic N) is 1. The predicted molar refractivity (Wildman–Crippen MR) is 104 cm³/mol. The lowest BCUT2D eigenvalue weighted by atomic mass is 10.1. The first-order valence-electron chi connectivity index (χ1n) is 8.31. The van der Waals surface area contributed by atoms with Gasteiger partial charge in [-0.2, -0.15) is 0 Å². The number of methoxy groups -OCH3 is 1. The molecule has 2 N–H and O–H groups in total. The van der Waals surface area contributed by atoms with Gasteiger partial charge in [0.15, 0.2) is 0 Å². The number of carbonyl (C=O) groups is 1. The van der Waals surface area contributed by atoms with Gasteiger partial charge in [0.05, 0.1) is 19.0 Å². The zero-order valence-electron chi connectivity index (χ0n) is 15.0. The zero-order chi connectivity index (χ0) is 18.5. The van der Waals surface area contributed by atoms with Gasteiger partial charge in [-0.15, -0.1) is 0 Å². The third-order valence-corrected chi connectivity index (χ3v) is 3.98. The fourth-order valence-corrected chi connectivity index (χ4v) is 2.61. The van der Waals surface area contributed by atoms with Gasteiger partial charge < -0.3 is 15.4 Å². The lowest BCUT2D eigenvalue weighted by Crippen LogP contribution is -2.14. The second-order valence-electron chi connectivity index (χ2n) is 6.06. The summed E-state index contributed by atoms with van der Waals surface area (Å²) >= 11 is 0. The molecule has 0 aliphatic rings. The normalized spacial score (nSPS) is 10.3. The summed E-state index contributed by atoms with van der Waals surface area (Å²) in [4.78, 5) is 16.6. The molecule has 1 heterocycles. The quantitative estimate of drug-likeness (QED) is 0.702. The molecule has 3 aromatic rings.